The Bertz CT molecular complexity index is 1250. The van der Waals surface area contributed by atoms with Crippen molar-refractivity contribution >= 4 is 29.3 Å². The Hall–Kier alpha value is -3.66. The van der Waals surface area contributed by atoms with Crippen LogP contribution in [0.25, 0.3) is 0 Å². The van der Waals surface area contributed by atoms with Crippen molar-refractivity contribution in [2.24, 2.45) is 0 Å². The molecule has 4 aliphatic rings. The number of imide groups is 2. The average Bonchev–Trinajstić information content (AvgIpc) is 3.13. The van der Waals surface area contributed by atoms with Gasteiger partial charge in [0.05, 0.1) is 11.1 Å². The Morgan fingerprint density at radius 2 is 1.74 bits per heavy atom. The molecule has 2 fully saturated rings. The van der Waals surface area contributed by atoms with Crippen LogP contribution in [0.1, 0.15) is 69.4 Å². The van der Waals surface area contributed by atoms with E-state index in [2.05, 4.69) is 20.5 Å². The number of aromatic nitrogens is 2. The zero-order chi connectivity index (χ0) is 24.1. The smallest absolute Gasteiger partial charge is 0.262 e. The van der Waals surface area contributed by atoms with E-state index < -0.39 is 23.8 Å². The molecule has 10 nitrogen and oxygen atoms in total. The van der Waals surface area contributed by atoms with Crippen molar-refractivity contribution in [1.82, 2.24) is 25.5 Å². The van der Waals surface area contributed by atoms with Gasteiger partial charge in [0.15, 0.2) is 0 Å². The summed E-state index contributed by atoms with van der Waals surface area (Å²) in [6.07, 6.45) is 4.95. The molecule has 1 aromatic carbocycles. The van der Waals surface area contributed by atoms with E-state index >= 15 is 0 Å². The number of benzene rings is 1. The lowest BCUT2D eigenvalue weighted by Gasteiger charge is -2.33. The van der Waals surface area contributed by atoms with Crippen molar-refractivity contribution in [2.75, 3.05) is 24.5 Å². The predicted octanol–water partition coefficient (Wildman–Crippen LogP) is 0.908. The number of rotatable bonds is 3. The molecule has 1 atom stereocenters. The fraction of sp³-hybridized carbons (Fsp3) is 0.440. The predicted molar refractivity (Wildman–Crippen MR) is 125 cm³/mol. The second-order valence-electron chi connectivity index (χ2n) is 9.57. The van der Waals surface area contributed by atoms with Crippen LogP contribution in [0.3, 0.4) is 0 Å². The van der Waals surface area contributed by atoms with Crippen LogP contribution in [-0.2, 0) is 22.6 Å². The number of carbonyl (C=O) groups excluding carboxylic acids is 4. The molecule has 0 radical (unpaired) electrons. The Morgan fingerprint density at radius 1 is 0.943 bits per heavy atom. The molecule has 6 rings (SSSR count). The second kappa shape index (κ2) is 8.53. The van der Waals surface area contributed by atoms with Gasteiger partial charge in [-0.2, -0.15) is 0 Å². The highest BCUT2D eigenvalue weighted by Gasteiger charge is 2.44. The maximum atomic E-state index is 13.1. The van der Waals surface area contributed by atoms with Gasteiger partial charge in [-0.3, -0.25) is 29.4 Å². The van der Waals surface area contributed by atoms with E-state index in [0.717, 1.165) is 67.5 Å². The third-order valence-corrected chi connectivity index (χ3v) is 7.48. The molecule has 5 heterocycles. The van der Waals surface area contributed by atoms with Crippen molar-refractivity contribution in [3.63, 3.8) is 0 Å². The van der Waals surface area contributed by atoms with Crippen LogP contribution in [0, 0.1) is 0 Å². The summed E-state index contributed by atoms with van der Waals surface area (Å²) in [5.41, 5.74) is 3.83. The van der Waals surface area contributed by atoms with Gasteiger partial charge >= 0.3 is 0 Å². The number of fused-ring (bicyclic) bond motifs is 2. The topological polar surface area (TPSA) is 125 Å². The van der Waals surface area contributed by atoms with E-state index in [1.54, 1.807) is 12.1 Å². The molecule has 1 unspecified atom stereocenters. The highest BCUT2D eigenvalue weighted by Crippen LogP contribution is 2.33. The molecule has 180 valence electrons. The first-order valence-corrected chi connectivity index (χ1v) is 12.2. The van der Waals surface area contributed by atoms with Gasteiger partial charge in [-0.15, -0.1) is 0 Å². The Labute approximate surface area is 202 Å². The van der Waals surface area contributed by atoms with Crippen LogP contribution in [0.15, 0.2) is 24.4 Å². The molecule has 2 saturated heterocycles. The van der Waals surface area contributed by atoms with Gasteiger partial charge in [-0.05, 0) is 37.5 Å². The fourth-order valence-corrected chi connectivity index (χ4v) is 5.50. The van der Waals surface area contributed by atoms with Gasteiger partial charge in [0.2, 0.25) is 11.8 Å². The number of anilines is 1. The molecule has 0 aliphatic carbocycles. The fourth-order valence-electron chi connectivity index (χ4n) is 5.50. The third-order valence-electron chi connectivity index (χ3n) is 7.48. The van der Waals surface area contributed by atoms with Crippen molar-refractivity contribution in [3.05, 3.63) is 52.6 Å². The van der Waals surface area contributed by atoms with E-state index in [-0.39, 0.29) is 18.7 Å². The van der Waals surface area contributed by atoms with Crippen LogP contribution >= 0.6 is 0 Å². The monoisotopic (exact) mass is 474 g/mol. The molecule has 0 bridgehead atoms. The maximum Gasteiger partial charge on any atom is 0.262 e. The molecule has 2 N–H and O–H groups in total. The Balaban J connectivity index is 1.16. The summed E-state index contributed by atoms with van der Waals surface area (Å²) in [7, 11) is 0. The SMILES string of the molecule is O=C1CCC(N2C(=O)c3ccc(N4CCC(c5ncc6c(n5)CCNC6)CC4)cc3C2=O)C(=O)N1. The first-order chi connectivity index (χ1) is 17.0. The first kappa shape index (κ1) is 21.8. The quantitative estimate of drug-likeness (QED) is 0.629. The number of amides is 4. The van der Waals surface area contributed by atoms with Gasteiger partial charge in [0.25, 0.3) is 11.8 Å². The molecule has 35 heavy (non-hydrogen) atoms. The van der Waals surface area contributed by atoms with E-state index in [1.165, 1.54) is 5.56 Å². The molecule has 4 amide bonds. The number of piperidine rings is 2. The summed E-state index contributed by atoms with van der Waals surface area (Å²) in [6, 6.07) is 4.33. The minimum Gasteiger partial charge on any atom is -0.371 e. The standard InChI is InChI=1S/C25H26N6O4/c32-21-4-3-20(23(33)29-21)31-24(34)17-2-1-16(11-18(17)25(31)35)30-9-6-14(7-10-30)22-27-13-15-12-26-8-5-19(15)28-22/h1-2,11,13-14,20,26H,3-10,12H2,(H,29,32,33). The van der Waals surface area contributed by atoms with Crippen LogP contribution in [0.5, 0.6) is 0 Å². The molecule has 10 heteroatoms. The zero-order valence-electron chi connectivity index (χ0n) is 19.2. The van der Waals surface area contributed by atoms with Gasteiger partial charge in [-0.1, -0.05) is 0 Å². The van der Waals surface area contributed by atoms with Gasteiger partial charge < -0.3 is 10.2 Å². The molecular weight excluding hydrogens is 448 g/mol. The summed E-state index contributed by atoms with van der Waals surface area (Å²) >= 11 is 0. The summed E-state index contributed by atoms with van der Waals surface area (Å²) in [5, 5.41) is 5.57. The summed E-state index contributed by atoms with van der Waals surface area (Å²) < 4.78 is 0. The highest BCUT2D eigenvalue weighted by molar-refractivity contribution is 6.23. The summed E-state index contributed by atoms with van der Waals surface area (Å²) in [5.74, 6) is -0.727. The van der Waals surface area contributed by atoms with Crippen LogP contribution in [0.2, 0.25) is 0 Å². The van der Waals surface area contributed by atoms with Gasteiger partial charge in [0, 0.05) is 68.1 Å². The lowest BCUT2D eigenvalue weighted by Crippen LogP contribution is -2.54. The number of carbonyl (C=O) groups is 4. The van der Waals surface area contributed by atoms with Crippen LogP contribution in [-0.4, -0.2) is 64.2 Å². The van der Waals surface area contributed by atoms with E-state index in [9.17, 15) is 19.2 Å². The number of nitrogens with one attached hydrogen (secondary N) is 2. The largest absolute Gasteiger partial charge is 0.371 e. The van der Waals surface area contributed by atoms with E-state index in [0.29, 0.717) is 17.0 Å². The molecule has 1 aromatic heterocycles. The molecular formula is C25H26N6O4. The van der Waals surface area contributed by atoms with E-state index in [1.807, 2.05) is 12.3 Å². The minimum absolute atomic E-state index is 0.106. The van der Waals surface area contributed by atoms with E-state index in [4.69, 9.17) is 4.98 Å². The second-order valence-corrected chi connectivity index (χ2v) is 9.57. The number of hydrogen-bond donors (Lipinski definition) is 2. The average molecular weight is 475 g/mol. The molecule has 2 aromatic rings. The lowest BCUT2D eigenvalue weighted by atomic mass is 9.94. The van der Waals surface area contributed by atoms with Crippen molar-refractivity contribution in [3.8, 4) is 0 Å². The van der Waals surface area contributed by atoms with Crippen molar-refractivity contribution in [1.29, 1.82) is 0 Å². The summed E-state index contributed by atoms with van der Waals surface area (Å²) in [6.45, 7) is 3.37. The van der Waals surface area contributed by atoms with Crippen LogP contribution in [0.4, 0.5) is 5.69 Å². The van der Waals surface area contributed by atoms with Gasteiger partial charge in [0.1, 0.15) is 11.9 Å². The maximum absolute atomic E-state index is 13.1. The van der Waals surface area contributed by atoms with Crippen LogP contribution < -0.4 is 15.5 Å². The number of hydrogen-bond acceptors (Lipinski definition) is 8. The lowest BCUT2D eigenvalue weighted by molar-refractivity contribution is -0.136. The minimum atomic E-state index is -0.952. The molecule has 4 aliphatic heterocycles. The Morgan fingerprint density at radius 3 is 2.54 bits per heavy atom. The molecule has 0 spiro atoms. The first-order valence-electron chi connectivity index (χ1n) is 12.2. The highest BCUT2D eigenvalue weighted by atomic mass is 16.2. The number of nitrogens with zero attached hydrogens (tertiary/aromatic N) is 4. The normalized spacial score (nSPS) is 22.8. The third kappa shape index (κ3) is 3.78. The summed E-state index contributed by atoms with van der Waals surface area (Å²) in [4.78, 5) is 62.5. The van der Waals surface area contributed by atoms with Gasteiger partial charge in [-0.25, -0.2) is 9.97 Å². The van der Waals surface area contributed by atoms with Crippen molar-refractivity contribution in [2.45, 2.75) is 50.6 Å². The zero-order valence-corrected chi connectivity index (χ0v) is 19.2. The van der Waals surface area contributed by atoms with Crippen molar-refractivity contribution < 1.29 is 19.2 Å². The Kier molecular flexibility index (Phi) is 5.32. The molecule has 0 saturated carbocycles.